The molecule has 4 nitrogen and oxygen atoms in total. The van der Waals surface area contributed by atoms with Crippen LogP contribution in [0.3, 0.4) is 0 Å². The normalized spacial score (nSPS) is 12.6. The van der Waals surface area contributed by atoms with E-state index in [9.17, 15) is 4.79 Å². The van der Waals surface area contributed by atoms with Gasteiger partial charge in [-0.05, 0) is 19.5 Å². The molecule has 0 heterocycles. The molecule has 0 aliphatic heterocycles. The number of nitrogens with two attached hydrogens (primary N) is 1. The fourth-order valence-corrected chi connectivity index (χ4v) is 0.695. The molecule has 0 aliphatic carbocycles. The molecule has 0 rings (SSSR count). The van der Waals surface area contributed by atoms with Crippen molar-refractivity contribution < 1.29 is 4.79 Å². The third kappa shape index (κ3) is 5.37. The number of nitrogens with one attached hydrogen (secondary N) is 2. The molecule has 0 fully saturated rings. The van der Waals surface area contributed by atoms with Gasteiger partial charge in [0.15, 0.2) is 0 Å². The Morgan fingerprint density at radius 3 is 2.60 bits per heavy atom. The van der Waals surface area contributed by atoms with E-state index in [0.717, 1.165) is 6.54 Å². The van der Waals surface area contributed by atoms with Gasteiger partial charge < -0.3 is 16.4 Å². The lowest BCUT2D eigenvalue weighted by Crippen LogP contribution is -2.35. The standard InChI is InChI=1S/C6H15N3O/c1-5(3-8-2)4-9-6(7)10/h5,8H,3-4H2,1-2H3,(H3,7,9,10). The van der Waals surface area contributed by atoms with Gasteiger partial charge in [0.2, 0.25) is 0 Å². The lowest BCUT2D eigenvalue weighted by Gasteiger charge is -2.09. The molecule has 0 aromatic heterocycles. The van der Waals surface area contributed by atoms with Crippen LogP contribution in [0.1, 0.15) is 6.92 Å². The zero-order valence-electron chi connectivity index (χ0n) is 6.48. The summed E-state index contributed by atoms with van der Waals surface area (Å²) in [7, 11) is 1.88. The van der Waals surface area contributed by atoms with Gasteiger partial charge in [-0.3, -0.25) is 0 Å². The maximum Gasteiger partial charge on any atom is 0.312 e. The van der Waals surface area contributed by atoms with E-state index in [4.69, 9.17) is 5.73 Å². The van der Waals surface area contributed by atoms with E-state index >= 15 is 0 Å². The Kier molecular flexibility index (Phi) is 4.66. The van der Waals surface area contributed by atoms with Crippen molar-refractivity contribution in [2.45, 2.75) is 6.92 Å². The van der Waals surface area contributed by atoms with Crippen molar-refractivity contribution in [3.8, 4) is 0 Å². The van der Waals surface area contributed by atoms with Gasteiger partial charge in [-0.2, -0.15) is 0 Å². The van der Waals surface area contributed by atoms with Crippen LogP contribution in [-0.4, -0.2) is 26.2 Å². The minimum absolute atomic E-state index is 0.428. The molecule has 0 saturated heterocycles. The Morgan fingerprint density at radius 1 is 1.60 bits per heavy atom. The summed E-state index contributed by atoms with van der Waals surface area (Å²) in [5.41, 5.74) is 4.87. The lowest BCUT2D eigenvalue weighted by molar-refractivity contribution is 0.247. The van der Waals surface area contributed by atoms with Crippen LogP contribution in [-0.2, 0) is 0 Å². The minimum Gasteiger partial charge on any atom is -0.352 e. The molecule has 0 bridgehead atoms. The molecule has 4 heteroatoms. The molecule has 0 aromatic rings. The number of urea groups is 1. The SMILES string of the molecule is CNCC(C)CNC(N)=O. The van der Waals surface area contributed by atoms with Gasteiger partial charge in [0.25, 0.3) is 0 Å². The summed E-state index contributed by atoms with van der Waals surface area (Å²) in [5, 5.41) is 5.53. The highest BCUT2D eigenvalue weighted by Gasteiger charge is 1.99. The molecule has 0 aliphatic rings. The predicted octanol–water partition coefficient (Wildman–Crippen LogP) is -0.490. The number of amides is 2. The smallest absolute Gasteiger partial charge is 0.312 e. The number of rotatable bonds is 4. The predicted molar refractivity (Wildman–Crippen MR) is 40.7 cm³/mol. The first kappa shape index (κ1) is 9.23. The molecule has 1 unspecified atom stereocenters. The Bertz CT molecular complexity index is 105. The number of hydrogen-bond donors (Lipinski definition) is 3. The summed E-state index contributed by atoms with van der Waals surface area (Å²) in [6.45, 7) is 3.56. The van der Waals surface area contributed by atoms with E-state index in [1.165, 1.54) is 0 Å². The molecule has 0 radical (unpaired) electrons. The molecule has 10 heavy (non-hydrogen) atoms. The first-order chi connectivity index (χ1) is 4.66. The van der Waals surface area contributed by atoms with Gasteiger partial charge >= 0.3 is 6.03 Å². The Morgan fingerprint density at radius 2 is 2.20 bits per heavy atom. The lowest BCUT2D eigenvalue weighted by atomic mass is 10.2. The van der Waals surface area contributed by atoms with E-state index < -0.39 is 6.03 Å². The molecule has 2 amide bonds. The first-order valence-corrected chi connectivity index (χ1v) is 3.34. The molecule has 4 N–H and O–H groups in total. The summed E-state index contributed by atoms with van der Waals surface area (Å²) in [5.74, 6) is 0.428. The molecule has 0 saturated carbocycles. The van der Waals surface area contributed by atoms with E-state index in [1.807, 2.05) is 14.0 Å². The third-order valence-corrected chi connectivity index (χ3v) is 1.18. The first-order valence-electron chi connectivity index (χ1n) is 3.34. The maximum absolute atomic E-state index is 10.2. The largest absolute Gasteiger partial charge is 0.352 e. The van der Waals surface area contributed by atoms with Crippen LogP contribution in [0.5, 0.6) is 0 Å². The summed E-state index contributed by atoms with van der Waals surface area (Å²) in [6.07, 6.45) is 0. The molecule has 1 atom stereocenters. The molecule has 0 aromatic carbocycles. The van der Waals surface area contributed by atoms with Crippen molar-refractivity contribution in [1.82, 2.24) is 10.6 Å². The Labute approximate surface area is 61.2 Å². The van der Waals surface area contributed by atoms with Crippen molar-refractivity contribution in [3.63, 3.8) is 0 Å². The van der Waals surface area contributed by atoms with Gasteiger partial charge in [0, 0.05) is 6.54 Å². The van der Waals surface area contributed by atoms with Gasteiger partial charge in [-0.25, -0.2) is 4.79 Å². The second kappa shape index (κ2) is 5.05. The van der Waals surface area contributed by atoms with Crippen molar-refractivity contribution in [2.75, 3.05) is 20.1 Å². The van der Waals surface area contributed by atoms with Crippen molar-refractivity contribution in [1.29, 1.82) is 0 Å². The average molecular weight is 145 g/mol. The highest BCUT2D eigenvalue weighted by atomic mass is 16.2. The highest BCUT2D eigenvalue weighted by Crippen LogP contribution is 1.87. The fourth-order valence-electron chi connectivity index (χ4n) is 0.695. The zero-order chi connectivity index (χ0) is 7.98. The van der Waals surface area contributed by atoms with E-state index in [0.29, 0.717) is 12.5 Å². The second-order valence-corrected chi connectivity index (χ2v) is 2.41. The second-order valence-electron chi connectivity index (χ2n) is 2.41. The summed E-state index contributed by atoms with van der Waals surface area (Å²) >= 11 is 0. The van der Waals surface area contributed by atoms with E-state index in [1.54, 1.807) is 0 Å². The topological polar surface area (TPSA) is 67.2 Å². The number of primary amides is 1. The van der Waals surface area contributed by atoms with Crippen LogP contribution in [0.15, 0.2) is 0 Å². The fraction of sp³-hybridized carbons (Fsp3) is 0.833. The van der Waals surface area contributed by atoms with Gasteiger partial charge in [-0.1, -0.05) is 6.92 Å². The minimum atomic E-state index is -0.456. The zero-order valence-corrected chi connectivity index (χ0v) is 6.48. The van der Waals surface area contributed by atoms with Crippen LogP contribution < -0.4 is 16.4 Å². The van der Waals surface area contributed by atoms with Crippen molar-refractivity contribution in [3.05, 3.63) is 0 Å². The molecule has 60 valence electrons. The number of carbonyl (C=O) groups excluding carboxylic acids is 1. The van der Waals surface area contributed by atoms with Crippen LogP contribution in [0.4, 0.5) is 4.79 Å². The molecular weight excluding hydrogens is 130 g/mol. The Balaban J connectivity index is 3.21. The quantitative estimate of drug-likeness (QED) is 0.499. The monoisotopic (exact) mass is 145 g/mol. The van der Waals surface area contributed by atoms with Crippen LogP contribution in [0.25, 0.3) is 0 Å². The van der Waals surface area contributed by atoms with Crippen LogP contribution in [0, 0.1) is 5.92 Å². The van der Waals surface area contributed by atoms with Crippen LogP contribution in [0.2, 0.25) is 0 Å². The van der Waals surface area contributed by atoms with Crippen LogP contribution >= 0.6 is 0 Å². The summed E-state index contributed by atoms with van der Waals surface area (Å²) in [6, 6.07) is -0.456. The van der Waals surface area contributed by atoms with Crippen molar-refractivity contribution in [2.24, 2.45) is 11.7 Å². The Hall–Kier alpha value is -0.770. The molecule has 0 spiro atoms. The van der Waals surface area contributed by atoms with Gasteiger partial charge in [0.05, 0.1) is 0 Å². The maximum atomic E-state index is 10.2. The van der Waals surface area contributed by atoms with E-state index in [2.05, 4.69) is 10.6 Å². The van der Waals surface area contributed by atoms with Gasteiger partial charge in [-0.15, -0.1) is 0 Å². The number of hydrogen-bond acceptors (Lipinski definition) is 2. The average Bonchev–Trinajstić information content (AvgIpc) is 1.85. The molecular formula is C6H15N3O. The summed E-state index contributed by atoms with van der Waals surface area (Å²) in [4.78, 5) is 10.2. The summed E-state index contributed by atoms with van der Waals surface area (Å²) < 4.78 is 0. The third-order valence-electron chi connectivity index (χ3n) is 1.18. The number of carbonyl (C=O) groups is 1. The van der Waals surface area contributed by atoms with Crippen molar-refractivity contribution >= 4 is 6.03 Å². The van der Waals surface area contributed by atoms with Gasteiger partial charge in [0.1, 0.15) is 0 Å². The van der Waals surface area contributed by atoms with E-state index in [-0.39, 0.29) is 0 Å². The highest BCUT2D eigenvalue weighted by molar-refractivity contribution is 5.71.